The van der Waals surface area contributed by atoms with Gasteiger partial charge in [0, 0.05) is 0 Å². The quantitative estimate of drug-likeness (QED) is 0.674. The number of carbonyl (C=O) groups excluding carboxylic acids is 1. The summed E-state index contributed by atoms with van der Waals surface area (Å²) in [7, 11) is -0.547. The first-order valence-electron chi connectivity index (χ1n) is 9.29. The van der Waals surface area contributed by atoms with Gasteiger partial charge in [-0.25, -0.2) is 8.42 Å². The van der Waals surface area contributed by atoms with Crippen molar-refractivity contribution in [1.82, 2.24) is 5.32 Å². The fourth-order valence-electron chi connectivity index (χ4n) is 3.17. The summed E-state index contributed by atoms with van der Waals surface area (Å²) in [6.45, 7) is 3.52. The molecule has 29 heavy (non-hydrogen) atoms. The molecule has 2 aromatic rings. The third kappa shape index (κ3) is 5.41. The van der Waals surface area contributed by atoms with Gasteiger partial charge in [-0.3, -0.25) is 9.10 Å². The molecule has 0 spiro atoms. The molecule has 2 aromatic carbocycles. The van der Waals surface area contributed by atoms with Crippen LogP contribution in [0.1, 0.15) is 31.9 Å². The van der Waals surface area contributed by atoms with Gasteiger partial charge in [0.05, 0.1) is 32.2 Å². The lowest BCUT2D eigenvalue weighted by Crippen LogP contribution is -2.48. The van der Waals surface area contributed by atoms with Crippen molar-refractivity contribution in [3.05, 3.63) is 54.1 Å². The van der Waals surface area contributed by atoms with Gasteiger partial charge in [-0.1, -0.05) is 31.2 Å². The van der Waals surface area contributed by atoms with Crippen LogP contribution < -0.4 is 19.1 Å². The fourth-order valence-corrected chi connectivity index (χ4v) is 4.34. The van der Waals surface area contributed by atoms with Crippen molar-refractivity contribution < 1.29 is 22.7 Å². The summed E-state index contributed by atoms with van der Waals surface area (Å²) >= 11 is 0. The smallest absolute Gasteiger partial charge is 0.244 e. The van der Waals surface area contributed by atoms with Crippen molar-refractivity contribution in [2.24, 2.45) is 0 Å². The zero-order valence-electron chi connectivity index (χ0n) is 17.4. The molecule has 0 aliphatic carbocycles. The molecular formula is C21H28N2O5S. The second-order valence-corrected chi connectivity index (χ2v) is 8.51. The predicted octanol–water partition coefficient (Wildman–Crippen LogP) is 3.13. The van der Waals surface area contributed by atoms with E-state index < -0.39 is 16.1 Å². The SMILES string of the molecule is CCC(NC(=O)C(C)N(c1ccccc1)S(C)(=O)=O)c1ccc(OC)c(OC)c1. The van der Waals surface area contributed by atoms with Crippen molar-refractivity contribution >= 4 is 21.6 Å². The van der Waals surface area contributed by atoms with E-state index in [9.17, 15) is 13.2 Å². The number of rotatable bonds is 9. The first-order chi connectivity index (χ1) is 13.7. The van der Waals surface area contributed by atoms with Crippen LogP contribution in [0.5, 0.6) is 11.5 Å². The highest BCUT2D eigenvalue weighted by molar-refractivity contribution is 7.92. The number of methoxy groups -OCH3 is 2. The number of carbonyl (C=O) groups is 1. The molecule has 0 aromatic heterocycles. The number of nitrogens with zero attached hydrogens (tertiary/aromatic N) is 1. The summed E-state index contributed by atoms with van der Waals surface area (Å²) in [6, 6.07) is 12.8. The van der Waals surface area contributed by atoms with E-state index in [1.54, 1.807) is 57.5 Å². The number of hydrogen-bond acceptors (Lipinski definition) is 5. The maximum absolute atomic E-state index is 13.0. The van der Waals surface area contributed by atoms with Gasteiger partial charge in [0.2, 0.25) is 15.9 Å². The van der Waals surface area contributed by atoms with Crippen LogP contribution in [0.2, 0.25) is 0 Å². The van der Waals surface area contributed by atoms with E-state index in [4.69, 9.17) is 9.47 Å². The van der Waals surface area contributed by atoms with Crippen LogP contribution in [-0.4, -0.2) is 40.8 Å². The highest BCUT2D eigenvalue weighted by atomic mass is 32.2. The Labute approximate surface area is 172 Å². The van der Waals surface area contributed by atoms with E-state index >= 15 is 0 Å². The average molecular weight is 421 g/mol. The van der Waals surface area contributed by atoms with Gasteiger partial charge in [-0.15, -0.1) is 0 Å². The topological polar surface area (TPSA) is 84.9 Å². The van der Waals surface area contributed by atoms with Gasteiger partial charge in [0.15, 0.2) is 11.5 Å². The number of amides is 1. The zero-order valence-corrected chi connectivity index (χ0v) is 18.2. The van der Waals surface area contributed by atoms with Gasteiger partial charge in [-0.05, 0) is 43.2 Å². The van der Waals surface area contributed by atoms with Gasteiger partial charge < -0.3 is 14.8 Å². The summed E-state index contributed by atoms with van der Waals surface area (Å²) < 4.78 is 36.5. The van der Waals surface area contributed by atoms with Gasteiger partial charge in [0.25, 0.3) is 0 Å². The molecule has 2 rings (SSSR count). The summed E-state index contributed by atoms with van der Waals surface area (Å²) in [4.78, 5) is 13.0. The summed E-state index contributed by atoms with van der Waals surface area (Å²) in [5.41, 5.74) is 1.29. The fraction of sp³-hybridized carbons (Fsp3) is 0.381. The molecule has 1 amide bonds. The Balaban J connectivity index is 2.28. The van der Waals surface area contributed by atoms with Crippen molar-refractivity contribution in [2.45, 2.75) is 32.4 Å². The average Bonchev–Trinajstić information content (AvgIpc) is 2.71. The Kier molecular flexibility index (Phi) is 7.50. The maximum Gasteiger partial charge on any atom is 0.244 e. The van der Waals surface area contributed by atoms with Crippen LogP contribution >= 0.6 is 0 Å². The monoisotopic (exact) mass is 420 g/mol. The molecule has 0 aliphatic heterocycles. The molecule has 0 aliphatic rings. The lowest BCUT2D eigenvalue weighted by atomic mass is 10.0. The van der Waals surface area contributed by atoms with E-state index in [-0.39, 0.29) is 11.9 Å². The standard InChI is InChI=1S/C21H28N2O5S/c1-6-18(16-12-13-19(27-3)20(14-16)28-4)22-21(24)15(2)23(29(5,25)26)17-10-8-7-9-11-17/h7-15,18H,6H2,1-5H3,(H,22,24). The molecule has 8 heteroatoms. The number of hydrogen-bond donors (Lipinski definition) is 1. The number of para-hydroxylation sites is 1. The second-order valence-electron chi connectivity index (χ2n) is 6.65. The molecule has 0 heterocycles. The normalized spacial score (nSPS) is 13.3. The predicted molar refractivity (Wildman–Crippen MR) is 114 cm³/mol. The van der Waals surface area contributed by atoms with Gasteiger partial charge in [0.1, 0.15) is 6.04 Å². The molecule has 2 atom stereocenters. The molecule has 158 valence electrons. The summed E-state index contributed by atoms with van der Waals surface area (Å²) in [5, 5.41) is 2.95. The third-order valence-corrected chi connectivity index (χ3v) is 5.88. The third-order valence-electron chi connectivity index (χ3n) is 4.63. The molecule has 0 saturated heterocycles. The van der Waals surface area contributed by atoms with Crippen molar-refractivity contribution in [1.29, 1.82) is 0 Å². The van der Waals surface area contributed by atoms with Crippen LogP contribution in [0.15, 0.2) is 48.5 Å². The summed E-state index contributed by atoms with van der Waals surface area (Å²) in [6.07, 6.45) is 1.72. The molecule has 0 bridgehead atoms. The van der Waals surface area contributed by atoms with Crippen LogP contribution in [0.4, 0.5) is 5.69 Å². The molecule has 0 radical (unpaired) electrons. The second kappa shape index (κ2) is 9.65. The lowest BCUT2D eigenvalue weighted by molar-refractivity contribution is -0.122. The summed E-state index contributed by atoms with van der Waals surface area (Å²) in [5.74, 6) is 0.770. The van der Waals surface area contributed by atoms with Crippen LogP contribution in [0, 0.1) is 0 Å². The van der Waals surface area contributed by atoms with Crippen molar-refractivity contribution in [3.8, 4) is 11.5 Å². The molecule has 1 N–H and O–H groups in total. The van der Waals surface area contributed by atoms with E-state index in [0.29, 0.717) is 23.6 Å². The molecule has 0 fully saturated rings. The minimum absolute atomic E-state index is 0.304. The van der Waals surface area contributed by atoms with Crippen molar-refractivity contribution in [3.63, 3.8) is 0 Å². The molecule has 2 unspecified atom stereocenters. The molecular weight excluding hydrogens is 392 g/mol. The molecule has 7 nitrogen and oxygen atoms in total. The number of nitrogens with one attached hydrogen (secondary N) is 1. The Hall–Kier alpha value is -2.74. The Morgan fingerprint density at radius 3 is 2.21 bits per heavy atom. The highest BCUT2D eigenvalue weighted by Crippen LogP contribution is 2.31. The van der Waals surface area contributed by atoms with Crippen LogP contribution in [0.25, 0.3) is 0 Å². The van der Waals surface area contributed by atoms with E-state index in [1.165, 1.54) is 0 Å². The van der Waals surface area contributed by atoms with Gasteiger partial charge in [-0.2, -0.15) is 0 Å². The van der Waals surface area contributed by atoms with E-state index in [0.717, 1.165) is 16.1 Å². The first kappa shape index (κ1) is 22.5. The first-order valence-corrected chi connectivity index (χ1v) is 11.1. The molecule has 0 saturated carbocycles. The van der Waals surface area contributed by atoms with Crippen LogP contribution in [-0.2, 0) is 14.8 Å². The number of anilines is 1. The Morgan fingerprint density at radius 1 is 1.07 bits per heavy atom. The number of sulfonamides is 1. The van der Waals surface area contributed by atoms with Gasteiger partial charge >= 0.3 is 0 Å². The van der Waals surface area contributed by atoms with E-state index in [2.05, 4.69) is 5.32 Å². The van der Waals surface area contributed by atoms with E-state index in [1.807, 2.05) is 19.1 Å². The minimum Gasteiger partial charge on any atom is -0.493 e. The largest absolute Gasteiger partial charge is 0.493 e. The maximum atomic E-state index is 13.0. The minimum atomic E-state index is -3.65. The Bertz CT molecular complexity index is 931. The lowest BCUT2D eigenvalue weighted by Gasteiger charge is -2.29. The van der Waals surface area contributed by atoms with Crippen molar-refractivity contribution in [2.75, 3.05) is 24.8 Å². The highest BCUT2D eigenvalue weighted by Gasteiger charge is 2.30. The Morgan fingerprint density at radius 2 is 1.69 bits per heavy atom. The number of ether oxygens (including phenoxy) is 2. The van der Waals surface area contributed by atoms with Crippen LogP contribution in [0.3, 0.4) is 0 Å². The zero-order chi connectivity index (χ0) is 21.6. The number of benzene rings is 2.